The molecule has 0 heterocycles. The van der Waals surface area contributed by atoms with Gasteiger partial charge in [0, 0.05) is 30.0 Å². The summed E-state index contributed by atoms with van der Waals surface area (Å²) in [6.07, 6.45) is 1.05. The number of ether oxygens (including phenoxy) is 2. The van der Waals surface area contributed by atoms with Crippen molar-refractivity contribution >= 4 is 24.3 Å². The minimum absolute atomic E-state index is 0. The lowest BCUT2D eigenvalue weighted by Gasteiger charge is -2.33. The van der Waals surface area contributed by atoms with E-state index in [1.54, 1.807) is 43.3 Å². The molecule has 0 aliphatic rings. The van der Waals surface area contributed by atoms with Crippen molar-refractivity contribution in [3.05, 3.63) is 89.0 Å². The van der Waals surface area contributed by atoms with Crippen LogP contribution in [-0.2, 0) is 4.79 Å². The number of benzene rings is 3. The van der Waals surface area contributed by atoms with Crippen LogP contribution < -0.4 is 9.47 Å². The van der Waals surface area contributed by atoms with E-state index in [0.29, 0.717) is 34.7 Å². The van der Waals surface area contributed by atoms with Crippen LogP contribution in [0.2, 0.25) is 0 Å². The number of phenolic OH excluding ortho intramolecular Hbond substituents is 1. The molecule has 0 unspecified atom stereocenters. The van der Waals surface area contributed by atoms with Crippen LogP contribution in [-0.4, -0.2) is 40.6 Å². The van der Waals surface area contributed by atoms with E-state index < -0.39 is 5.97 Å². The zero-order chi connectivity index (χ0) is 27.8. The first-order valence-electron chi connectivity index (χ1n) is 13.3. The van der Waals surface area contributed by atoms with Crippen molar-refractivity contribution in [3.63, 3.8) is 0 Å². The van der Waals surface area contributed by atoms with Gasteiger partial charge in [0.1, 0.15) is 17.2 Å². The number of rotatable bonds is 11. The summed E-state index contributed by atoms with van der Waals surface area (Å²) < 4.78 is 11.1. The molecule has 0 aliphatic heterocycles. The van der Waals surface area contributed by atoms with Crippen molar-refractivity contribution in [2.75, 3.05) is 6.54 Å². The quantitative estimate of drug-likeness (QED) is 0.198. The molecule has 0 amide bonds. The van der Waals surface area contributed by atoms with Gasteiger partial charge in [0.05, 0.1) is 5.56 Å². The maximum Gasteiger partial charge on any atom is 0.343 e. The molecule has 7 heteroatoms. The minimum Gasteiger partial charge on any atom is -0.508 e. The molecule has 0 saturated carbocycles. The zero-order valence-corrected chi connectivity index (χ0v) is 24.5. The third-order valence-corrected chi connectivity index (χ3v) is 6.81. The lowest BCUT2D eigenvalue weighted by Crippen LogP contribution is -2.38. The maximum absolute atomic E-state index is 13.2. The highest BCUT2D eigenvalue weighted by atomic mass is 35.5. The molecular weight excluding hydrogens is 514 g/mol. The smallest absolute Gasteiger partial charge is 0.343 e. The summed E-state index contributed by atoms with van der Waals surface area (Å²) in [5.41, 5.74) is 2.91. The second kappa shape index (κ2) is 14.7. The van der Waals surface area contributed by atoms with E-state index in [2.05, 4.69) is 44.7 Å². The molecule has 0 spiro atoms. The number of carbonyl (C=O) groups is 2. The molecule has 0 saturated heterocycles. The number of phenols is 1. The van der Waals surface area contributed by atoms with Gasteiger partial charge in [0.25, 0.3) is 0 Å². The fourth-order valence-corrected chi connectivity index (χ4v) is 4.79. The number of hydrogen-bond donors (Lipinski definition) is 1. The molecule has 3 aromatic carbocycles. The van der Waals surface area contributed by atoms with E-state index in [9.17, 15) is 14.7 Å². The van der Waals surface area contributed by atoms with Crippen molar-refractivity contribution in [2.24, 2.45) is 0 Å². The molecule has 0 fully saturated rings. The second-order valence-corrected chi connectivity index (χ2v) is 10.0. The summed E-state index contributed by atoms with van der Waals surface area (Å²) in [7, 11) is 0. The number of hydrogen-bond acceptors (Lipinski definition) is 6. The molecule has 0 radical (unpaired) electrons. The van der Waals surface area contributed by atoms with Gasteiger partial charge in [-0.25, -0.2) is 4.79 Å². The minimum atomic E-state index is -0.525. The SMILES string of the molecule is CCC(=O)Oc1ccc(C(=O)Oc2ccc(O)c(C)c2[C@H](CCN(C(C)C)C(C)C)c2ccccc2)cc1.Cl. The van der Waals surface area contributed by atoms with Crippen molar-refractivity contribution in [1.29, 1.82) is 0 Å². The molecule has 0 aliphatic carbocycles. The Hall–Kier alpha value is -3.35. The van der Waals surface area contributed by atoms with Gasteiger partial charge >= 0.3 is 11.9 Å². The van der Waals surface area contributed by atoms with E-state index in [4.69, 9.17) is 9.47 Å². The fraction of sp³-hybridized carbons (Fsp3) is 0.375. The van der Waals surface area contributed by atoms with E-state index in [0.717, 1.165) is 24.1 Å². The van der Waals surface area contributed by atoms with Crippen LogP contribution in [0.4, 0.5) is 0 Å². The molecule has 0 aromatic heterocycles. The fourth-order valence-electron chi connectivity index (χ4n) is 4.79. The summed E-state index contributed by atoms with van der Waals surface area (Å²) >= 11 is 0. The van der Waals surface area contributed by atoms with Gasteiger partial charge in [-0.05, 0) is 95.1 Å². The maximum atomic E-state index is 13.2. The van der Waals surface area contributed by atoms with Crippen molar-refractivity contribution in [2.45, 2.75) is 72.4 Å². The van der Waals surface area contributed by atoms with Crippen molar-refractivity contribution in [3.8, 4) is 17.2 Å². The summed E-state index contributed by atoms with van der Waals surface area (Å²) in [6, 6.07) is 20.4. The molecule has 39 heavy (non-hydrogen) atoms. The highest BCUT2D eigenvalue weighted by Gasteiger charge is 2.26. The lowest BCUT2D eigenvalue weighted by molar-refractivity contribution is -0.134. The second-order valence-electron chi connectivity index (χ2n) is 10.0. The van der Waals surface area contributed by atoms with Crippen LogP contribution in [0.1, 0.15) is 80.4 Å². The normalized spacial score (nSPS) is 11.8. The molecule has 3 rings (SSSR count). The van der Waals surface area contributed by atoms with Gasteiger partial charge in [-0.15, -0.1) is 12.4 Å². The Morgan fingerprint density at radius 2 is 1.49 bits per heavy atom. The van der Waals surface area contributed by atoms with E-state index >= 15 is 0 Å². The number of esters is 2. The molecule has 3 aromatic rings. The van der Waals surface area contributed by atoms with Gasteiger partial charge in [-0.1, -0.05) is 37.3 Å². The Labute approximate surface area is 238 Å². The molecule has 6 nitrogen and oxygen atoms in total. The molecule has 1 atom stereocenters. The first-order chi connectivity index (χ1) is 18.1. The van der Waals surface area contributed by atoms with Crippen molar-refractivity contribution < 1.29 is 24.2 Å². The van der Waals surface area contributed by atoms with Gasteiger partial charge < -0.3 is 14.6 Å². The van der Waals surface area contributed by atoms with E-state index in [1.807, 2.05) is 25.1 Å². The van der Waals surface area contributed by atoms with Gasteiger partial charge in [-0.3, -0.25) is 9.69 Å². The first-order valence-corrected chi connectivity index (χ1v) is 13.3. The average Bonchev–Trinajstić information content (AvgIpc) is 2.90. The Morgan fingerprint density at radius 3 is 2.05 bits per heavy atom. The van der Waals surface area contributed by atoms with Crippen LogP contribution in [0.5, 0.6) is 17.2 Å². The van der Waals surface area contributed by atoms with E-state index in [1.165, 1.54) is 0 Å². The van der Waals surface area contributed by atoms with Crippen molar-refractivity contribution in [1.82, 2.24) is 4.90 Å². The predicted molar refractivity (Wildman–Crippen MR) is 157 cm³/mol. The first kappa shape index (κ1) is 31.9. The Morgan fingerprint density at radius 1 is 0.872 bits per heavy atom. The Balaban J connectivity index is 0.00000533. The van der Waals surface area contributed by atoms with Crippen LogP contribution in [0.15, 0.2) is 66.7 Å². The number of aromatic hydroxyl groups is 1. The van der Waals surface area contributed by atoms with Gasteiger partial charge in [0.15, 0.2) is 0 Å². The molecule has 1 N–H and O–H groups in total. The van der Waals surface area contributed by atoms with Crippen LogP contribution in [0.25, 0.3) is 0 Å². The van der Waals surface area contributed by atoms with Crippen LogP contribution in [0, 0.1) is 6.92 Å². The third kappa shape index (κ3) is 8.32. The summed E-state index contributed by atoms with van der Waals surface area (Å²) in [5, 5.41) is 10.7. The van der Waals surface area contributed by atoms with Gasteiger partial charge in [-0.2, -0.15) is 0 Å². The largest absolute Gasteiger partial charge is 0.508 e. The van der Waals surface area contributed by atoms with Crippen LogP contribution >= 0.6 is 12.4 Å². The Kier molecular flexibility index (Phi) is 12.0. The van der Waals surface area contributed by atoms with Crippen LogP contribution in [0.3, 0.4) is 0 Å². The highest BCUT2D eigenvalue weighted by molar-refractivity contribution is 5.91. The predicted octanol–water partition coefficient (Wildman–Crippen LogP) is 7.30. The average molecular weight is 554 g/mol. The molecular formula is C32H40ClNO5. The standard InChI is InChI=1S/C32H39NO5.ClH/c1-7-30(35)37-26-15-13-25(14-16-26)32(36)38-29-18-17-28(34)23(6)31(29)27(24-11-9-8-10-12-24)19-20-33(21(2)3)22(4)5;/h8-18,21-22,27,34H,7,19-20H2,1-6H3;1H/t27-;/m1./s1. The summed E-state index contributed by atoms with van der Waals surface area (Å²) in [5.74, 6) is -0.0123. The lowest BCUT2D eigenvalue weighted by atomic mass is 9.84. The number of carbonyl (C=O) groups excluding carboxylic acids is 2. The van der Waals surface area contributed by atoms with Gasteiger partial charge in [0.2, 0.25) is 0 Å². The zero-order valence-electron chi connectivity index (χ0n) is 23.6. The summed E-state index contributed by atoms with van der Waals surface area (Å²) in [4.78, 5) is 27.1. The number of nitrogens with zero attached hydrogens (tertiary/aromatic N) is 1. The molecule has 210 valence electrons. The third-order valence-electron chi connectivity index (χ3n) is 6.81. The Bertz CT molecular complexity index is 1220. The highest BCUT2D eigenvalue weighted by Crippen LogP contribution is 2.40. The topological polar surface area (TPSA) is 76.1 Å². The monoisotopic (exact) mass is 553 g/mol. The number of halogens is 1. The van der Waals surface area contributed by atoms with E-state index in [-0.39, 0.29) is 36.5 Å². The summed E-state index contributed by atoms with van der Waals surface area (Å²) in [6.45, 7) is 13.2. The molecule has 0 bridgehead atoms.